The maximum absolute atomic E-state index is 11.7. The van der Waals surface area contributed by atoms with Crippen molar-refractivity contribution in [1.82, 2.24) is 5.32 Å². The van der Waals surface area contributed by atoms with Crippen molar-refractivity contribution < 1.29 is 9.59 Å². The van der Waals surface area contributed by atoms with Gasteiger partial charge in [-0.15, -0.1) is 0 Å². The Morgan fingerprint density at radius 2 is 1.76 bits per heavy atom. The maximum atomic E-state index is 11.7. The van der Waals surface area contributed by atoms with Gasteiger partial charge in [0, 0.05) is 24.4 Å². The van der Waals surface area contributed by atoms with Crippen LogP contribution in [0.1, 0.15) is 46.5 Å². The fourth-order valence-electron chi connectivity index (χ4n) is 1.62. The van der Waals surface area contributed by atoms with Gasteiger partial charge in [-0.1, -0.05) is 13.3 Å². The Kier molecular flexibility index (Phi) is 7.54. The number of rotatable bonds is 8. The Hall–Kier alpha value is -1.10. The number of hydrogen-bond donors (Lipinski definition) is 3. The Morgan fingerprint density at radius 1 is 1.18 bits per heavy atom. The summed E-state index contributed by atoms with van der Waals surface area (Å²) >= 11 is 0. The van der Waals surface area contributed by atoms with Gasteiger partial charge in [0.05, 0.1) is 0 Å². The van der Waals surface area contributed by atoms with E-state index in [9.17, 15) is 9.59 Å². The first-order chi connectivity index (χ1) is 7.82. The third-order valence-corrected chi connectivity index (χ3v) is 2.64. The Labute approximate surface area is 103 Å². The van der Waals surface area contributed by atoms with Crippen LogP contribution in [0.4, 0.5) is 0 Å². The molecule has 3 unspecified atom stereocenters. The van der Waals surface area contributed by atoms with Crippen LogP contribution >= 0.6 is 0 Å². The van der Waals surface area contributed by atoms with Crippen LogP contribution in [-0.2, 0) is 9.59 Å². The molecule has 0 fully saturated rings. The molecular weight excluding hydrogens is 218 g/mol. The molecule has 0 rings (SSSR count). The van der Waals surface area contributed by atoms with Gasteiger partial charge in [0.25, 0.3) is 0 Å². The molecular formula is C12H25N3O2. The van der Waals surface area contributed by atoms with Crippen molar-refractivity contribution in [1.29, 1.82) is 0 Å². The average Bonchev–Trinajstić information content (AvgIpc) is 2.15. The molecule has 0 aliphatic carbocycles. The molecule has 0 aliphatic heterocycles. The largest absolute Gasteiger partial charge is 0.370 e. The molecule has 2 amide bonds. The van der Waals surface area contributed by atoms with E-state index >= 15 is 0 Å². The van der Waals surface area contributed by atoms with Crippen LogP contribution < -0.4 is 16.8 Å². The number of carbonyl (C=O) groups is 2. The first-order valence-corrected chi connectivity index (χ1v) is 6.17. The van der Waals surface area contributed by atoms with Crippen LogP contribution in [0.2, 0.25) is 0 Å². The normalized spacial score (nSPS) is 16.0. The summed E-state index contributed by atoms with van der Waals surface area (Å²) in [5.41, 5.74) is 10.7. The molecule has 0 heterocycles. The lowest BCUT2D eigenvalue weighted by Gasteiger charge is -2.16. The van der Waals surface area contributed by atoms with Gasteiger partial charge >= 0.3 is 0 Å². The van der Waals surface area contributed by atoms with Gasteiger partial charge in [-0.05, 0) is 26.7 Å². The summed E-state index contributed by atoms with van der Waals surface area (Å²) in [7, 11) is 0. The first-order valence-electron chi connectivity index (χ1n) is 6.17. The van der Waals surface area contributed by atoms with E-state index in [1.807, 2.05) is 13.8 Å². The van der Waals surface area contributed by atoms with Gasteiger partial charge in [-0.2, -0.15) is 0 Å². The summed E-state index contributed by atoms with van der Waals surface area (Å²) < 4.78 is 0. The van der Waals surface area contributed by atoms with Crippen LogP contribution in [0, 0.1) is 5.92 Å². The van der Waals surface area contributed by atoms with Gasteiger partial charge in [0.1, 0.15) is 0 Å². The van der Waals surface area contributed by atoms with Gasteiger partial charge in [-0.25, -0.2) is 0 Å². The van der Waals surface area contributed by atoms with Crippen molar-refractivity contribution in [3.05, 3.63) is 0 Å². The van der Waals surface area contributed by atoms with Crippen LogP contribution in [-0.4, -0.2) is 23.9 Å². The molecule has 0 spiro atoms. The van der Waals surface area contributed by atoms with Crippen LogP contribution in [0.25, 0.3) is 0 Å². The predicted octanol–water partition coefficient (Wildman–Crippen LogP) is 0.520. The summed E-state index contributed by atoms with van der Waals surface area (Å²) in [6, 6.07) is -0.0186. The topological polar surface area (TPSA) is 98.2 Å². The van der Waals surface area contributed by atoms with Gasteiger partial charge in [0.15, 0.2) is 0 Å². The van der Waals surface area contributed by atoms with E-state index in [1.54, 1.807) is 6.92 Å². The van der Waals surface area contributed by atoms with E-state index < -0.39 is 5.91 Å². The van der Waals surface area contributed by atoms with Crippen molar-refractivity contribution in [3.63, 3.8) is 0 Å². The molecule has 5 heteroatoms. The SMILES string of the molecule is CC(N)CCCC(C)C(=O)NC(C)CC(N)=O. The molecule has 0 aromatic heterocycles. The summed E-state index contributed by atoms with van der Waals surface area (Å²) in [4.78, 5) is 22.4. The second kappa shape index (κ2) is 8.06. The summed E-state index contributed by atoms with van der Waals surface area (Å²) in [5.74, 6) is -0.477. The number of primary amides is 1. The van der Waals surface area contributed by atoms with Crippen LogP contribution in [0.5, 0.6) is 0 Å². The van der Waals surface area contributed by atoms with Crippen molar-refractivity contribution in [2.75, 3.05) is 0 Å². The molecule has 3 atom stereocenters. The fraction of sp³-hybridized carbons (Fsp3) is 0.833. The molecule has 0 bridgehead atoms. The highest BCUT2D eigenvalue weighted by atomic mass is 16.2. The first kappa shape index (κ1) is 15.9. The highest BCUT2D eigenvalue weighted by Gasteiger charge is 2.16. The Bertz CT molecular complexity index is 254. The summed E-state index contributed by atoms with van der Waals surface area (Å²) in [6.07, 6.45) is 2.86. The van der Waals surface area contributed by atoms with E-state index in [2.05, 4.69) is 5.32 Å². The summed E-state index contributed by atoms with van der Waals surface area (Å²) in [5, 5.41) is 2.78. The standard InChI is InChI=1S/C12H25N3O2/c1-8(5-4-6-9(2)13)12(17)15-10(3)7-11(14)16/h8-10H,4-7,13H2,1-3H3,(H2,14,16)(H,15,17). The second-order valence-electron chi connectivity index (χ2n) is 4.89. The zero-order valence-corrected chi connectivity index (χ0v) is 11.0. The fourth-order valence-corrected chi connectivity index (χ4v) is 1.62. The van der Waals surface area contributed by atoms with Crippen molar-refractivity contribution in [2.45, 2.75) is 58.5 Å². The molecule has 0 aliphatic rings. The smallest absolute Gasteiger partial charge is 0.223 e. The van der Waals surface area contributed by atoms with Crippen molar-refractivity contribution in [2.24, 2.45) is 17.4 Å². The Morgan fingerprint density at radius 3 is 2.24 bits per heavy atom. The van der Waals surface area contributed by atoms with Gasteiger partial charge in [-0.3, -0.25) is 9.59 Å². The minimum Gasteiger partial charge on any atom is -0.370 e. The molecule has 0 saturated carbocycles. The quantitative estimate of drug-likeness (QED) is 0.579. The van der Waals surface area contributed by atoms with Crippen molar-refractivity contribution >= 4 is 11.8 Å². The van der Waals surface area contributed by atoms with Crippen LogP contribution in [0.15, 0.2) is 0 Å². The number of hydrogen-bond acceptors (Lipinski definition) is 3. The maximum Gasteiger partial charge on any atom is 0.223 e. The molecule has 17 heavy (non-hydrogen) atoms. The van der Waals surface area contributed by atoms with Gasteiger partial charge < -0.3 is 16.8 Å². The van der Waals surface area contributed by atoms with Crippen LogP contribution in [0.3, 0.4) is 0 Å². The highest BCUT2D eigenvalue weighted by molar-refractivity contribution is 5.80. The lowest BCUT2D eigenvalue weighted by molar-refractivity contribution is -0.125. The molecule has 0 aromatic carbocycles. The zero-order valence-electron chi connectivity index (χ0n) is 11.0. The van der Waals surface area contributed by atoms with Gasteiger partial charge in [0.2, 0.25) is 11.8 Å². The molecule has 100 valence electrons. The van der Waals surface area contributed by atoms with E-state index in [-0.39, 0.29) is 30.3 Å². The second-order valence-corrected chi connectivity index (χ2v) is 4.89. The van der Waals surface area contributed by atoms with E-state index in [4.69, 9.17) is 11.5 Å². The van der Waals surface area contributed by atoms with E-state index in [0.717, 1.165) is 19.3 Å². The lowest BCUT2D eigenvalue weighted by atomic mass is 10.0. The van der Waals surface area contributed by atoms with Crippen molar-refractivity contribution in [3.8, 4) is 0 Å². The minimum atomic E-state index is -0.401. The van der Waals surface area contributed by atoms with E-state index in [0.29, 0.717) is 0 Å². The highest BCUT2D eigenvalue weighted by Crippen LogP contribution is 2.09. The molecule has 0 saturated heterocycles. The molecule has 5 N–H and O–H groups in total. The number of carbonyl (C=O) groups excluding carboxylic acids is 2. The number of nitrogens with one attached hydrogen (secondary N) is 1. The third kappa shape index (κ3) is 8.68. The lowest BCUT2D eigenvalue weighted by Crippen LogP contribution is -2.38. The predicted molar refractivity (Wildman–Crippen MR) is 68.1 cm³/mol. The average molecular weight is 243 g/mol. The summed E-state index contributed by atoms with van der Waals surface area (Å²) in [6.45, 7) is 5.62. The molecule has 0 aromatic rings. The van der Waals surface area contributed by atoms with E-state index in [1.165, 1.54) is 0 Å². The number of nitrogens with two attached hydrogens (primary N) is 2. The monoisotopic (exact) mass is 243 g/mol. The number of amides is 2. The Balaban J connectivity index is 3.84. The zero-order chi connectivity index (χ0) is 13.4. The minimum absolute atomic E-state index is 0.0246. The third-order valence-electron chi connectivity index (χ3n) is 2.64. The molecule has 5 nitrogen and oxygen atoms in total. The molecule has 0 radical (unpaired) electrons.